The van der Waals surface area contributed by atoms with Crippen LogP contribution in [0.4, 0.5) is 25.3 Å². The number of para-hydroxylation sites is 1. The molecule has 0 spiro atoms. The number of benzene rings is 2. The summed E-state index contributed by atoms with van der Waals surface area (Å²) in [7, 11) is 0. The van der Waals surface area contributed by atoms with Gasteiger partial charge in [0.1, 0.15) is 5.82 Å². The molecule has 1 aromatic heterocycles. The number of aromatic nitrogens is 1. The quantitative estimate of drug-likeness (QED) is 0.528. The molecule has 0 atom stereocenters. The Kier molecular flexibility index (Phi) is 5.33. The summed E-state index contributed by atoms with van der Waals surface area (Å²) in [5.41, 5.74) is 3.76. The smallest absolute Gasteiger partial charge is 0.230 e. The monoisotopic (exact) mass is 372 g/mol. The van der Waals surface area contributed by atoms with Crippen LogP contribution < -0.4 is 10.3 Å². The number of carbonyl (C=O) groups excluding carboxylic acids is 1. The van der Waals surface area contributed by atoms with Gasteiger partial charge in [-0.25, -0.2) is 13.8 Å². The molecule has 0 radical (unpaired) electrons. The number of carbonyl (C=O) groups is 1. The number of nitrogens with zero attached hydrogens (tertiary/aromatic N) is 3. The fourth-order valence-electron chi connectivity index (χ4n) is 2.19. The van der Waals surface area contributed by atoms with Crippen LogP contribution in [0.3, 0.4) is 0 Å². The molecule has 2 aromatic carbocycles. The minimum absolute atomic E-state index is 0.0488. The Bertz CT molecular complexity index is 943. The number of rotatable bonds is 5. The third kappa shape index (κ3) is 4.09. The highest BCUT2D eigenvalue weighted by Gasteiger charge is 2.17. The maximum Gasteiger partial charge on any atom is 0.230 e. The minimum Gasteiger partial charge on any atom is -0.275 e. The topological polar surface area (TPSA) is 57.6 Å². The van der Waals surface area contributed by atoms with Crippen LogP contribution in [0.2, 0.25) is 0 Å². The van der Waals surface area contributed by atoms with E-state index in [9.17, 15) is 13.6 Å². The largest absolute Gasteiger partial charge is 0.275 e. The zero-order valence-electron chi connectivity index (χ0n) is 13.7. The predicted octanol–water partition coefficient (Wildman–Crippen LogP) is 4.55. The number of halogens is 2. The van der Waals surface area contributed by atoms with Crippen molar-refractivity contribution in [3.05, 3.63) is 71.2 Å². The van der Waals surface area contributed by atoms with Crippen LogP contribution in [-0.4, -0.2) is 17.1 Å². The van der Waals surface area contributed by atoms with Crippen molar-refractivity contribution < 1.29 is 13.6 Å². The summed E-state index contributed by atoms with van der Waals surface area (Å²) in [5, 5.41) is 6.12. The van der Waals surface area contributed by atoms with E-state index in [2.05, 4.69) is 15.5 Å². The second-order valence-electron chi connectivity index (χ2n) is 5.24. The van der Waals surface area contributed by atoms with Gasteiger partial charge >= 0.3 is 0 Å². The van der Waals surface area contributed by atoms with Gasteiger partial charge in [-0.05, 0) is 24.3 Å². The molecular formula is C18H14F2N4OS. The maximum atomic E-state index is 13.5. The molecule has 8 heteroatoms. The van der Waals surface area contributed by atoms with Crippen molar-refractivity contribution >= 4 is 40.0 Å². The van der Waals surface area contributed by atoms with Gasteiger partial charge in [0, 0.05) is 18.4 Å². The molecule has 0 aliphatic rings. The van der Waals surface area contributed by atoms with Gasteiger partial charge in [-0.15, -0.1) is 11.3 Å². The molecule has 0 fully saturated rings. The van der Waals surface area contributed by atoms with Crippen molar-refractivity contribution in [2.45, 2.75) is 6.92 Å². The highest BCUT2D eigenvalue weighted by Crippen LogP contribution is 2.28. The van der Waals surface area contributed by atoms with Crippen LogP contribution in [0.25, 0.3) is 0 Å². The van der Waals surface area contributed by atoms with Gasteiger partial charge in [0.15, 0.2) is 10.9 Å². The second-order valence-corrected chi connectivity index (χ2v) is 6.08. The van der Waals surface area contributed by atoms with Crippen LogP contribution in [-0.2, 0) is 4.79 Å². The van der Waals surface area contributed by atoms with E-state index in [4.69, 9.17) is 0 Å². The van der Waals surface area contributed by atoms with E-state index < -0.39 is 11.6 Å². The van der Waals surface area contributed by atoms with Gasteiger partial charge in [0.25, 0.3) is 0 Å². The number of amides is 1. The van der Waals surface area contributed by atoms with Crippen molar-refractivity contribution in [3.63, 3.8) is 0 Å². The first-order valence-electron chi connectivity index (χ1n) is 7.60. The van der Waals surface area contributed by atoms with Gasteiger partial charge in [-0.2, -0.15) is 5.10 Å². The molecule has 0 bridgehead atoms. The zero-order chi connectivity index (χ0) is 18.5. The van der Waals surface area contributed by atoms with Crippen LogP contribution in [0.5, 0.6) is 0 Å². The molecular weight excluding hydrogens is 358 g/mol. The lowest BCUT2D eigenvalue weighted by molar-refractivity contribution is -0.115. The molecule has 132 valence electrons. The average Bonchev–Trinajstić information content (AvgIpc) is 3.06. The molecule has 0 aliphatic heterocycles. The first-order valence-corrected chi connectivity index (χ1v) is 8.48. The summed E-state index contributed by atoms with van der Waals surface area (Å²) >= 11 is 1.28. The number of hydrogen-bond donors (Lipinski definition) is 1. The van der Waals surface area contributed by atoms with Crippen LogP contribution in [0, 0.1) is 11.6 Å². The molecule has 0 aliphatic carbocycles. The maximum absolute atomic E-state index is 13.5. The Balaban J connectivity index is 1.75. The second kappa shape index (κ2) is 7.83. The van der Waals surface area contributed by atoms with Crippen molar-refractivity contribution in [3.8, 4) is 0 Å². The van der Waals surface area contributed by atoms with E-state index in [1.54, 1.807) is 5.38 Å². The molecule has 5 nitrogen and oxygen atoms in total. The summed E-state index contributed by atoms with van der Waals surface area (Å²) < 4.78 is 26.4. The minimum atomic E-state index is -0.743. The van der Waals surface area contributed by atoms with Crippen LogP contribution >= 0.6 is 11.3 Å². The van der Waals surface area contributed by atoms with Crippen molar-refractivity contribution in [2.75, 3.05) is 10.3 Å². The van der Waals surface area contributed by atoms with Gasteiger partial charge < -0.3 is 0 Å². The highest BCUT2D eigenvalue weighted by atomic mass is 32.1. The van der Waals surface area contributed by atoms with Crippen molar-refractivity contribution in [1.82, 2.24) is 4.98 Å². The molecule has 26 heavy (non-hydrogen) atoms. The van der Waals surface area contributed by atoms with E-state index in [0.717, 1.165) is 12.1 Å². The molecule has 1 amide bonds. The lowest BCUT2D eigenvalue weighted by Gasteiger charge is -2.17. The lowest BCUT2D eigenvalue weighted by atomic mass is 10.3. The Morgan fingerprint density at radius 3 is 2.69 bits per heavy atom. The van der Waals surface area contributed by atoms with E-state index in [0.29, 0.717) is 16.5 Å². The van der Waals surface area contributed by atoms with Gasteiger partial charge in [-0.1, -0.05) is 18.2 Å². The fourth-order valence-corrected chi connectivity index (χ4v) is 3.03. The fraction of sp³-hybridized carbons (Fsp3) is 0.0556. The molecule has 3 aromatic rings. The number of thiazole rings is 1. The summed E-state index contributed by atoms with van der Waals surface area (Å²) in [6.45, 7) is 1.46. The first kappa shape index (κ1) is 17.7. The molecule has 1 N–H and O–H groups in total. The third-order valence-corrected chi connectivity index (χ3v) is 4.19. The van der Waals surface area contributed by atoms with Crippen molar-refractivity contribution in [2.24, 2.45) is 5.10 Å². The van der Waals surface area contributed by atoms with Gasteiger partial charge in [0.2, 0.25) is 5.91 Å². The number of anilines is 3. The normalized spacial score (nSPS) is 10.9. The molecule has 3 rings (SSSR count). The highest BCUT2D eigenvalue weighted by molar-refractivity contribution is 7.14. The van der Waals surface area contributed by atoms with E-state index >= 15 is 0 Å². The molecule has 0 unspecified atom stereocenters. The van der Waals surface area contributed by atoms with E-state index in [-0.39, 0.29) is 11.6 Å². The van der Waals surface area contributed by atoms with Crippen molar-refractivity contribution in [1.29, 1.82) is 0 Å². The predicted molar refractivity (Wildman–Crippen MR) is 99.0 cm³/mol. The standard InChI is InChI=1S/C18H14F2N4OS/c1-12(25)24(15-5-3-2-4-6-15)18-22-14(11-26-18)10-21-23-17-8-7-13(19)9-16(17)20/h2-11,23H,1H3/b21-10-. The molecule has 0 saturated carbocycles. The molecule has 0 saturated heterocycles. The summed E-state index contributed by atoms with van der Waals surface area (Å²) in [4.78, 5) is 17.8. The number of hydrogen-bond acceptors (Lipinski definition) is 5. The average molecular weight is 372 g/mol. The Labute approximate surface area is 152 Å². The zero-order valence-corrected chi connectivity index (χ0v) is 14.5. The Morgan fingerprint density at radius 2 is 2.00 bits per heavy atom. The summed E-state index contributed by atoms with van der Waals surface area (Å²) in [6, 6.07) is 12.3. The third-order valence-electron chi connectivity index (χ3n) is 3.34. The lowest BCUT2D eigenvalue weighted by Crippen LogP contribution is -2.22. The van der Waals surface area contributed by atoms with Gasteiger partial charge in [-0.3, -0.25) is 15.1 Å². The van der Waals surface area contributed by atoms with E-state index in [1.165, 1.54) is 35.4 Å². The number of nitrogens with one attached hydrogen (secondary N) is 1. The first-order chi connectivity index (χ1) is 12.5. The molecule has 1 heterocycles. The van der Waals surface area contributed by atoms with Crippen LogP contribution in [0.15, 0.2) is 59.0 Å². The van der Waals surface area contributed by atoms with Crippen LogP contribution in [0.1, 0.15) is 12.6 Å². The van der Waals surface area contributed by atoms with Gasteiger partial charge in [0.05, 0.1) is 23.3 Å². The Hall–Kier alpha value is -3.13. The Morgan fingerprint density at radius 1 is 1.23 bits per heavy atom. The summed E-state index contributed by atoms with van der Waals surface area (Å²) in [5.74, 6) is -1.57. The van der Waals surface area contributed by atoms with E-state index in [1.807, 2.05) is 30.3 Å². The number of hydrazone groups is 1. The SMILES string of the molecule is CC(=O)N(c1ccccc1)c1nc(/C=N\Nc2ccc(F)cc2F)cs1. The summed E-state index contributed by atoms with van der Waals surface area (Å²) in [6.07, 6.45) is 1.39.